The molecule has 0 bridgehead atoms. The summed E-state index contributed by atoms with van der Waals surface area (Å²) in [5, 5.41) is 0. The van der Waals surface area contributed by atoms with E-state index in [1.165, 1.54) is 50.6 Å². The topological polar surface area (TPSA) is 98.8 Å². The Labute approximate surface area is 159 Å². The van der Waals surface area contributed by atoms with Crippen LogP contribution >= 0.6 is 15.9 Å². The summed E-state index contributed by atoms with van der Waals surface area (Å²) in [6.45, 7) is 1.66. The summed E-state index contributed by atoms with van der Waals surface area (Å²) >= 11 is 3.19. The van der Waals surface area contributed by atoms with Crippen molar-refractivity contribution in [1.82, 2.24) is 0 Å². The molecule has 0 heterocycles. The van der Waals surface area contributed by atoms with Gasteiger partial charge in [-0.05, 0) is 64.8 Å². The van der Waals surface area contributed by atoms with E-state index in [1.807, 2.05) is 0 Å². The van der Waals surface area contributed by atoms with Gasteiger partial charge >= 0.3 is 11.9 Å². The molecule has 0 radical (unpaired) electrons. The highest BCUT2D eigenvalue weighted by atomic mass is 79.9. The molecule has 0 atom stereocenters. The molecule has 0 unspecified atom stereocenters. The zero-order valence-electron chi connectivity index (χ0n) is 14.2. The number of benzene rings is 2. The third-order valence-electron chi connectivity index (χ3n) is 3.55. The van der Waals surface area contributed by atoms with Gasteiger partial charge in [0.2, 0.25) is 0 Å². The van der Waals surface area contributed by atoms with Crippen molar-refractivity contribution in [3.05, 3.63) is 57.6 Å². The van der Waals surface area contributed by atoms with Crippen LogP contribution in [0.4, 0.5) is 5.69 Å². The minimum atomic E-state index is -3.95. The summed E-state index contributed by atoms with van der Waals surface area (Å²) in [5.41, 5.74) is 1.25. The van der Waals surface area contributed by atoms with Crippen LogP contribution in [0.3, 0.4) is 0 Å². The van der Waals surface area contributed by atoms with Crippen LogP contribution in [0.2, 0.25) is 0 Å². The van der Waals surface area contributed by atoms with E-state index < -0.39 is 22.0 Å². The van der Waals surface area contributed by atoms with Gasteiger partial charge in [-0.15, -0.1) is 0 Å². The van der Waals surface area contributed by atoms with Gasteiger partial charge in [0.1, 0.15) is 0 Å². The minimum Gasteiger partial charge on any atom is -0.465 e. The first-order valence-corrected chi connectivity index (χ1v) is 9.57. The van der Waals surface area contributed by atoms with E-state index in [0.717, 1.165) is 0 Å². The fraction of sp³-hybridized carbons (Fsp3) is 0.176. The normalized spacial score (nSPS) is 10.9. The molecule has 0 aromatic heterocycles. The number of ether oxygens (including phenoxy) is 2. The second-order valence-corrected chi connectivity index (χ2v) is 7.80. The molecule has 9 heteroatoms. The van der Waals surface area contributed by atoms with Crippen LogP contribution in [-0.2, 0) is 19.5 Å². The molecule has 0 aliphatic rings. The molecule has 0 saturated carbocycles. The molecule has 1 N–H and O–H groups in total. The maximum absolute atomic E-state index is 12.6. The van der Waals surface area contributed by atoms with Crippen molar-refractivity contribution in [2.24, 2.45) is 0 Å². The lowest BCUT2D eigenvalue weighted by Crippen LogP contribution is -2.15. The molecule has 0 fully saturated rings. The molecule has 0 aliphatic heterocycles. The van der Waals surface area contributed by atoms with Crippen molar-refractivity contribution in [1.29, 1.82) is 0 Å². The summed E-state index contributed by atoms with van der Waals surface area (Å²) in [7, 11) is -1.48. The zero-order chi connectivity index (χ0) is 19.5. The van der Waals surface area contributed by atoms with Crippen LogP contribution in [0.1, 0.15) is 26.3 Å². The number of carbonyl (C=O) groups is 2. The number of hydrogen-bond acceptors (Lipinski definition) is 6. The Kier molecular flexibility index (Phi) is 6.04. The first-order chi connectivity index (χ1) is 12.2. The molecule has 2 aromatic rings. The van der Waals surface area contributed by atoms with Crippen LogP contribution in [0.15, 0.2) is 45.8 Å². The quantitative estimate of drug-likeness (QED) is 0.715. The van der Waals surface area contributed by atoms with E-state index in [4.69, 9.17) is 0 Å². The Hall–Kier alpha value is -2.39. The van der Waals surface area contributed by atoms with Gasteiger partial charge in [0, 0.05) is 4.47 Å². The Bertz CT molecular complexity index is 971. The maximum atomic E-state index is 12.6. The number of halogens is 1. The average molecular weight is 442 g/mol. The SMILES string of the molecule is COC(=O)c1ccc(NS(=O)(=O)c2ccc(Br)c(C(=O)OC)c2)c(C)c1. The molecule has 2 rings (SSSR count). The van der Waals surface area contributed by atoms with E-state index >= 15 is 0 Å². The fourth-order valence-corrected chi connectivity index (χ4v) is 3.73. The number of esters is 2. The first-order valence-electron chi connectivity index (χ1n) is 7.29. The highest BCUT2D eigenvalue weighted by molar-refractivity contribution is 9.10. The number of sulfonamides is 1. The van der Waals surface area contributed by atoms with Crippen LogP contribution in [0.5, 0.6) is 0 Å². The van der Waals surface area contributed by atoms with E-state index in [2.05, 4.69) is 30.1 Å². The number of rotatable bonds is 5. The number of anilines is 1. The number of methoxy groups -OCH3 is 2. The lowest BCUT2D eigenvalue weighted by Gasteiger charge is -2.12. The van der Waals surface area contributed by atoms with Crippen LogP contribution < -0.4 is 4.72 Å². The van der Waals surface area contributed by atoms with Gasteiger partial charge < -0.3 is 9.47 Å². The Balaban J connectivity index is 2.38. The van der Waals surface area contributed by atoms with Crippen LogP contribution in [0.25, 0.3) is 0 Å². The predicted molar refractivity (Wildman–Crippen MR) is 98.8 cm³/mol. The van der Waals surface area contributed by atoms with Gasteiger partial charge in [0.05, 0.1) is 35.9 Å². The number of hydrogen-bond donors (Lipinski definition) is 1. The van der Waals surface area contributed by atoms with Crippen LogP contribution in [-0.4, -0.2) is 34.6 Å². The first kappa shape index (κ1) is 19.9. The maximum Gasteiger partial charge on any atom is 0.339 e. The van der Waals surface area contributed by atoms with Gasteiger partial charge in [0.15, 0.2) is 0 Å². The summed E-state index contributed by atoms with van der Waals surface area (Å²) in [6, 6.07) is 8.48. The Morgan fingerprint density at radius 1 is 1.00 bits per heavy atom. The fourth-order valence-electron chi connectivity index (χ4n) is 2.16. The second-order valence-electron chi connectivity index (χ2n) is 5.26. The largest absolute Gasteiger partial charge is 0.465 e. The van der Waals surface area contributed by atoms with E-state index in [1.54, 1.807) is 6.92 Å². The number of aryl methyl sites for hydroxylation is 1. The molecule has 0 aliphatic carbocycles. The number of nitrogens with one attached hydrogen (secondary N) is 1. The molecule has 26 heavy (non-hydrogen) atoms. The standard InChI is InChI=1S/C17H16BrNO6S/c1-10-8-11(16(20)24-2)4-7-15(10)19-26(22,23)12-5-6-14(18)13(9-12)17(21)25-3/h4-9,19H,1-3H3. The smallest absolute Gasteiger partial charge is 0.339 e. The average Bonchev–Trinajstić information content (AvgIpc) is 2.62. The number of carbonyl (C=O) groups excluding carboxylic acids is 2. The molecule has 138 valence electrons. The van der Waals surface area contributed by atoms with Crippen molar-refractivity contribution in [2.45, 2.75) is 11.8 Å². The minimum absolute atomic E-state index is 0.0909. The van der Waals surface area contributed by atoms with E-state index in [0.29, 0.717) is 21.3 Å². The lowest BCUT2D eigenvalue weighted by atomic mass is 10.1. The third kappa shape index (κ3) is 4.23. The van der Waals surface area contributed by atoms with E-state index in [9.17, 15) is 18.0 Å². The van der Waals surface area contributed by atoms with Crippen LogP contribution in [0, 0.1) is 6.92 Å². The summed E-state index contributed by atoms with van der Waals surface area (Å²) in [6.07, 6.45) is 0. The lowest BCUT2D eigenvalue weighted by molar-refractivity contribution is 0.0591. The van der Waals surface area contributed by atoms with Crippen molar-refractivity contribution in [3.63, 3.8) is 0 Å². The summed E-state index contributed by atoms with van der Waals surface area (Å²) in [4.78, 5) is 23.2. The third-order valence-corrected chi connectivity index (χ3v) is 5.60. The molecule has 0 spiro atoms. The highest BCUT2D eigenvalue weighted by Gasteiger charge is 2.20. The summed E-state index contributed by atoms with van der Waals surface area (Å²) in [5.74, 6) is -1.18. The van der Waals surface area contributed by atoms with Gasteiger partial charge in [0.25, 0.3) is 10.0 Å². The van der Waals surface area contributed by atoms with Gasteiger partial charge in [-0.3, -0.25) is 4.72 Å². The van der Waals surface area contributed by atoms with E-state index in [-0.39, 0.29) is 10.5 Å². The summed E-state index contributed by atoms with van der Waals surface area (Å²) < 4.78 is 37.4. The van der Waals surface area contributed by atoms with Gasteiger partial charge in [-0.1, -0.05) is 0 Å². The predicted octanol–water partition coefficient (Wildman–Crippen LogP) is 3.13. The molecular formula is C17H16BrNO6S. The Morgan fingerprint density at radius 3 is 2.23 bits per heavy atom. The van der Waals surface area contributed by atoms with Gasteiger partial charge in [-0.2, -0.15) is 0 Å². The molecule has 2 aromatic carbocycles. The molecule has 7 nitrogen and oxygen atoms in total. The zero-order valence-corrected chi connectivity index (χ0v) is 16.6. The molecule has 0 saturated heterocycles. The monoisotopic (exact) mass is 441 g/mol. The molecular weight excluding hydrogens is 426 g/mol. The Morgan fingerprint density at radius 2 is 1.65 bits per heavy atom. The van der Waals surface area contributed by atoms with Gasteiger partial charge in [-0.25, -0.2) is 18.0 Å². The highest BCUT2D eigenvalue weighted by Crippen LogP contribution is 2.25. The van der Waals surface area contributed by atoms with Crippen molar-refractivity contribution >= 4 is 43.6 Å². The molecule has 0 amide bonds. The van der Waals surface area contributed by atoms with Crippen molar-refractivity contribution in [3.8, 4) is 0 Å². The van der Waals surface area contributed by atoms with Crippen molar-refractivity contribution < 1.29 is 27.5 Å². The second kappa shape index (κ2) is 7.88. The van der Waals surface area contributed by atoms with Crippen molar-refractivity contribution in [2.75, 3.05) is 18.9 Å².